The van der Waals surface area contributed by atoms with E-state index in [-0.39, 0.29) is 11.8 Å². The highest BCUT2D eigenvalue weighted by atomic mass is 79.9. The zero-order valence-electron chi connectivity index (χ0n) is 19.4. The zero-order valence-corrected chi connectivity index (χ0v) is 21.0. The van der Waals surface area contributed by atoms with Crippen LogP contribution in [0.3, 0.4) is 0 Å². The molecule has 7 nitrogen and oxygen atoms in total. The van der Waals surface area contributed by atoms with Gasteiger partial charge in [-0.05, 0) is 61.0 Å². The quantitative estimate of drug-likeness (QED) is 0.382. The standard InChI is InChI=1S/C27H25BrN2O5/c1-3-15-34-20-12-10-18(11-13-20)29-26(31)23-24(21-16-17(28)9-14-22(21)33-2)30(35-25(23)27(29)32)19-7-5-4-6-8-19/h4-14,16,23-25H,3,15H2,1-2H3/t23-,24+,25+/m1/s1. The molecule has 0 aliphatic carbocycles. The van der Waals surface area contributed by atoms with Gasteiger partial charge in [0.2, 0.25) is 5.91 Å². The molecule has 2 aliphatic heterocycles. The molecule has 0 unspecified atom stereocenters. The van der Waals surface area contributed by atoms with E-state index in [4.69, 9.17) is 14.3 Å². The third kappa shape index (κ3) is 4.17. The number of benzene rings is 3. The van der Waals surface area contributed by atoms with Crippen LogP contribution in [-0.2, 0) is 14.4 Å². The van der Waals surface area contributed by atoms with Crippen LogP contribution >= 0.6 is 15.9 Å². The maximum Gasteiger partial charge on any atom is 0.266 e. The summed E-state index contributed by atoms with van der Waals surface area (Å²) >= 11 is 3.53. The Labute approximate surface area is 212 Å². The number of anilines is 2. The Kier molecular flexibility index (Phi) is 6.49. The van der Waals surface area contributed by atoms with Gasteiger partial charge in [0.1, 0.15) is 17.4 Å². The Morgan fingerprint density at radius 3 is 2.37 bits per heavy atom. The maximum absolute atomic E-state index is 13.8. The molecular formula is C27H25BrN2O5. The lowest BCUT2D eigenvalue weighted by Gasteiger charge is -2.29. The fourth-order valence-corrected chi connectivity index (χ4v) is 5.01. The van der Waals surface area contributed by atoms with Crippen LogP contribution in [0.2, 0.25) is 0 Å². The van der Waals surface area contributed by atoms with Crippen molar-refractivity contribution in [2.75, 3.05) is 23.7 Å². The van der Waals surface area contributed by atoms with E-state index < -0.39 is 18.1 Å². The number of hydroxylamine groups is 1. The van der Waals surface area contributed by atoms with E-state index in [1.54, 1.807) is 36.4 Å². The average Bonchev–Trinajstić information content (AvgIpc) is 3.39. The van der Waals surface area contributed by atoms with Gasteiger partial charge in [-0.25, -0.2) is 9.96 Å². The van der Waals surface area contributed by atoms with Gasteiger partial charge in [0.25, 0.3) is 5.91 Å². The summed E-state index contributed by atoms with van der Waals surface area (Å²) in [5, 5.41) is 1.66. The zero-order chi connectivity index (χ0) is 24.5. The highest BCUT2D eigenvalue weighted by molar-refractivity contribution is 9.10. The van der Waals surface area contributed by atoms with Gasteiger partial charge in [0.05, 0.1) is 31.1 Å². The molecule has 2 fully saturated rings. The number of methoxy groups -OCH3 is 1. The Hall–Kier alpha value is -3.36. The minimum absolute atomic E-state index is 0.312. The summed E-state index contributed by atoms with van der Waals surface area (Å²) in [6.07, 6.45) is -0.0587. The molecule has 2 saturated heterocycles. The summed E-state index contributed by atoms with van der Waals surface area (Å²) in [6.45, 7) is 2.63. The van der Waals surface area contributed by atoms with Gasteiger partial charge in [-0.3, -0.25) is 14.4 Å². The number of halogens is 1. The van der Waals surface area contributed by atoms with Gasteiger partial charge in [0.15, 0.2) is 6.10 Å². The van der Waals surface area contributed by atoms with Crippen molar-refractivity contribution >= 4 is 39.1 Å². The van der Waals surface area contributed by atoms with Crippen molar-refractivity contribution in [1.82, 2.24) is 0 Å². The van der Waals surface area contributed by atoms with Gasteiger partial charge in [-0.2, -0.15) is 0 Å². The lowest BCUT2D eigenvalue weighted by atomic mass is 9.90. The first kappa shape index (κ1) is 23.4. The molecule has 0 saturated carbocycles. The SMILES string of the molecule is CCCOc1ccc(N2C(=O)[C@H]3[C@H](ON(c4ccccc4)[C@H]3c3cc(Br)ccc3OC)C2=O)cc1. The molecule has 3 aromatic carbocycles. The van der Waals surface area contributed by atoms with Crippen molar-refractivity contribution in [2.24, 2.45) is 5.92 Å². The molecule has 0 bridgehead atoms. The normalized spacial score (nSPS) is 21.4. The van der Waals surface area contributed by atoms with Crippen LogP contribution < -0.4 is 19.4 Å². The van der Waals surface area contributed by atoms with E-state index in [0.717, 1.165) is 22.1 Å². The number of ether oxygens (including phenoxy) is 2. The summed E-state index contributed by atoms with van der Waals surface area (Å²) in [6, 6.07) is 21.5. The van der Waals surface area contributed by atoms with Gasteiger partial charge in [-0.15, -0.1) is 0 Å². The lowest BCUT2D eigenvalue weighted by Crippen LogP contribution is -2.37. The maximum atomic E-state index is 13.8. The van der Waals surface area contributed by atoms with Crippen LogP contribution in [0.15, 0.2) is 77.3 Å². The number of nitrogens with zero attached hydrogens (tertiary/aromatic N) is 2. The molecule has 3 aromatic rings. The number of imide groups is 1. The Morgan fingerprint density at radius 2 is 1.69 bits per heavy atom. The van der Waals surface area contributed by atoms with E-state index in [1.165, 1.54) is 4.90 Å². The molecule has 180 valence electrons. The first-order valence-electron chi connectivity index (χ1n) is 11.5. The van der Waals surface area contributed by atoms with Crippen molar-refractivity contribution in [3.63, 3.8) is 0 Å². The van der Waals surface area contributed by atoms with Crippen molar-refractivity contribution in [3.05, 3.63) is 82.8 Å². The molecule has 2 heterocycles. The van der Waals surface area contributed by atoms with Gasteiger partial charge >= 0.3 is 0 Å². The van der Waals surface area contributed by atoms with Crippen LogP contribution in [-0.4, -0.2) is 31.6 Å². The summed E-state index contributed by atoms with van der Waals surface area (Å²) in [5.41, 5.74) is 2.00. The Balaban J connectivity index is 1.54. The molecular weight excluding hydrogens is 512 g/mol. The van der Waals surface area contributed by atoms with E-state index >= 15 is 0 Å². The molecule has 0 radical (unpaired) electrons. The smallest absolute Gasteiger partial charge is 0.266 e. The summed E-state index contributed by atoms with van der Waals surface area (Å²) in [7, 11) is 1.59. The molecule has 0 N–H and O–H groups in total. The molecule has 2 aliphatic rings. The molecule has 5 rings (SSSR count). The van der Waals surface area contributed by atoms with Crippen molar-refractivity contribution in [1.29, 1.82) is 0 Å². The van der Waals surface area contributed by atoms with Crippen molar-refractivity contribution in [3.8, 4) is 11.5 Å². The predicted molar refractivity (Wildman–Crippen MR) is 135 cm³/mol. The van der Waals surface area contributed by atoms with Gasteiger partial charge in [-0.1, -0.05) is 41.1 Å². The average molecular weight is 537 g/mol. The second-order valence-electron chi connectivity index (χ2n) is 8.40. The van der Waals surface area contributed by atoms with Crippen LogP contribution in [0, 0.1) is 5.92 Å². The molecule has 35 heavy (non-hydrogen) atoms. The van der Waals surface area contributed by atoms with E-state index in [9.17, 15) is 9.59 Å². The predicted octanol–water partition coefficient (Wildman–Crippen LogP) is 5.30. The highest BCUT2D eigenvalue weighted by Crippen LogP contribution is 2.50. The highest BCUT2D eigenvalue weighted by Gasteiger charge is 2.60. The van der Waals surface area contributed by atoms with E-state index in [0.29, 0.717) is 23.8 Å². The van der Waals surface area contributed by atoms with Crippen molar-refractivity contribution < 1.29 is 23.9 Å². The fraction of sp³-hybridized carbons (Fsp3) is 0.259. The van der Waals surface area contributed by atoms with Crippen LogP contribution in [0.1, 0.15) is 24.9 Å². The first-order valence-corrected chi connectivity index (χ1v) is 12.3. The minimum Gasteiger partial charge on any atom is -0.496 e. The third-order valence-electron chi connectivity index (χ3n) is 6.20. The van der Waals surface area contributed by atoms with Gasteiger partial charge < -0.3 is 9.47 Å². The first-order chi connectivity index (χ1) is 17.0. The summed E-state index contributed by atoms with van der Waals surface area (Å²) < 4.78 is 12.1. The Bertz CT molecular complexity index is 1230. The number of fused-ring (bicyclic) bond motifs is 1. The number of amides is 2. The third-order valence-corrected chi connectivity index (χ3v) is 6.70. The second kappa shape index (κ2) is 9.71. The number of rotatable bonds is 7. The second-order valence-corrected chi connectivity index (χ2v) is 9.31. The van der Waals surface area contributed by atoms with E-state index in [2.05, 4.69) is 15.9 Å². The van der Waals surface area contributed by atoms with Gasteiger partial charge in [0, 0.05) is 10.0 Å². The molecule has 0 spiro atoms. The molecule has 2 amide bonds. The minimum atomic E-state index is -0.951. The van der Waals surface area contributed by atoms with E-state index in [1.807, 2.05) is 55.5 Å². The topological polar surface area (TPSA) is 68.3 Å². The Morgan fingerprint density at radius 1 is 0.943 bits per heavy atom. The fourth-order valence-electron chi connectivity index (χ4n) is 4.63. The van der Waals surface area contributed by atoms with Crippen LogP contribution in [0.5, 0.6) is 11.5 Å². The van der Waals surface area contributed by atoms with Crippen molar-refractivity contribution in [2.45, 2.75) is 25.5 Å². The monoisotopic (exact) mass is 536 g/mol. The number of hydrogen-bond donors (Lipinski definition) is 0. The number of hydrogen-bond acceptors (Lipinski definition) is 6. The number of para-hydroxylation sites is 1. The number of carbonyl (C=O) groups is 2. The van der Waals surface area contributed by atoms with Crippen LogP contribution in [0.25, 0.3) is 0 Å². The molecule has 8 heteroatoms. The molecule has 0 aromatic heterocycles. The number of carbonyl (C=O) groups excluding carboxylic acids is 2. The van der Waals surface area contributed by atoms with Crippen LogP contribution in [0.4, 0.5) is 11.4 Å². The summed E-state index contributed by atoms with van der Waals surface area (Å²) in [5.74, 6) is -0.146. The largest absolute Gasteiger partial charge is 0.496 e. The lowest BCUT2D eigenvalue weighted by molar-refractivity contribution is -0.126. The molecule has 3 atom stereocenters. The summed E-state index contributed by atoms with van der Waals surface area (Å²) in [4.78, 5) is 34.8.